The fourth-order valence-electron chi connectivity index (χ4n) is 1.70. The molecule has 1 rings (SSSR count). The van der Waals surface area contributed by atoms with Crippen LogP contribution in [0.15, 0.2) is 0 Å². The van der Waals surface area contributed by atoms with Crippen molar-refractivity contribution in [2.75, 3.05) is 0 Å². The molecule has 1 amide bonds. The summed E-state index contributed by atoms with van der Waals surface area (Å²) in [5.41, 5.74) is 0.638. The summed E-state index contributed by atoms with van der Waals surface area (Å²) in [5.74, 6) is -1.22. The van der Waals surface area contributed by atoms with Crippen molar-refractivity contribution in [2.45, 2.75) is 46.1 Å². The SMILES string of the molecule is CCCc1nnsc1C(=O)N[C@H](CC(C)C)C(=O)O. The number of carboxylic acids is 1. The Kier molecular flexibility index (Phi) is 5.88. The van der Waals surface area contributed by atoms with Crippen LogP contribution in [0.25, 0.3) is 0 Å². The van der Waals surface area contributed by atoms with E-state index in [0.29, 0.717) is 23.4 Å². The summed E-state index contributed by atoms with van der Waals surface area (Å²) < 4.78 is 3.76. The molecule has 0 aliphatic carbocycles. The lowest BCUT2D eigenvalue weighted by Crippen LogP contribution is -2.41. The smallest absolute Gasteiger partial charge is 0.326 e. The largest absolute Gasteiger partial charge is 0.480 e. The predicted octanol–water partition coefficient (Wildman–Crippen LogP) is 1.72. The molecule has 0 radical (unpaired) electrons. The topological polar surface area (TPSA) is 92.2 Å². The van der Waals surface area contributed by atoms with Gasteiger partial charge in [0.2, 0.25) is 0 Å². The lowest BCUT2D eigenvalue weighted by molar-refractivity contribution is -0.139. The Balaban J connectivity index is 2.76. The van der Waals surface area contributed by atoms with Crippen molar-refractivity contribution < 1.29 is 14.7 Å². The molecule has 0 aromatic carbocycles. The standard InChI is InChI=1S/C12H19N3O3S/c1-4-5-8-10(19-15-14-8)11(16)13-9(12(17)18)6-7(2)3/h7,9H,4-6H2,1-3H3,(H,13,16)(H,17,18)/t9-/m1/s1. The summed E-state index contributed by atoms with van der Waals surface area (Å²) in [6, 6.07) is -0.871. The maximum atomic E-state index is 12.1. The molecule has 2 N–H and O–H groups in total. The third-order valence-corrected chi connectivity index (χ3v) is 3.33. The van der Waals surface area contributed by atoms with Crippen LogP contribution in [0.1, 0.15) is 49.0 Å². The molecule has 19 heavy (non-hydrogen) atoms. The maximum absolute atomic E-state index is 12.1. The number of aliphatic carboxylic acids is 1. The lowest BCUT2D eigenvalue weighted by Gasteiger charge is -2.15. The first-order valence-electron chi connectivity index (χ1n) is 6.30. The van der Waals surface area contributed by atoms with E-state index in [2.05, 4.69) is 14.9 Å². The number of carbonyl (C=O) groups excluding carboxylic acids is 1. The van der Waals surface area contributed by atoms with Gasteiger partial charge in [-0.1, -0.05) is 31.7 Å². The van der Waals surface area contributed by atoms with Gasteiger partial charge in [-0.25, -0.2) is 4.79 Å². The molecule has 1 atom stereocenters. The van der Waals surface area contributed by atoms with Crippen molar-refractivity contribution in [3.05, 3.63) is 10.6 Å². The third-order valence-electron chi connectivity index (χ3n) is 2.56. The van der Waals surface area contributed by atoms with Crippen molar-refractivity contribution in [3.8, 4) is 0 Å². The summed E-state index contributed by atoms with van der Waals surface area (Å²) in [6.07, 6.45) is 1.93. The molecule has 0 bridgehead atoms. The Morgan fingerprint density at radius 2 is 2.11 bits per heavy atom. The van der Waals surface area contributed by atoms with Gasteiger partial charge in [-0.2, -0.15) is 0 Å². The monoisotopic (exact) mass is 285 g/mol. The van der Waals surface area contributed by atoms with Crippen molar-refractivity contribution in [2.24, 2.45) is 5.92 Å². The summed E-state index contributed by atoms with van der Waals surface area (Å²) in [6.45, 7) is 5.82. The number of nitrogens with one attached hydrogen (secondary N) is 1. The van der Waals surface area contributed by atoms with Gasteiger partial charge in [0.1, 0.15) is 10.9 Å². The molecule has 0 saturated carbocycles. The molecule has 6 nitrogen and oxygen atoms in total. The second-order valence-electron chi connectivity index (χ2n) is 4.79. The minimum atomic E-state index is -1.02. The summed E-state index contributed by atoms with van der Waals surface area (Å²) in [4.78, 5) is 23.6. The highest BCUT2D eigenvalue weighted by Gasteiger charge is 2.24. The van der Waals surface area contributed by atoms with Gasteiger partial charge < -0.3 is 10.4 Å². The zero-order valence-electron chi connectivity index (χ0n) is 11.3. The van der Waals surface area contributed by atoms with E-state index >= 15 is 0 Å². The fourth-order valence-corrected chi connectivity index (χ4v) is 2.31. The first-order valence-corrected chi connectivity index (χ1v) is 7.07. The Bertz CT molecular complexity index is 445. The number of carbonyl (C=O) groups is 2. The van der Waals surface area contributed by atoms with Crippen molar-refractivity contribution in [1.82, 2.24) is 14.9 Å². The zero-order valence-corrected chi connectivity index (χ0v) is 12.2. The zero-order chi connectivity index (χ0) is 14.4. The van der Waals surface area contributed by atoms with Crippen molar-refractivity contribution >= 4 is 23.4 Å². The molecular formula is C12H19N3O3S. The quantitative estimate of drug-likeness (QED) is 0.795. The molecule has 0 aliphatic heterocycles. The van der Waals surface area contributed by atoms with E-state index in [1.165, 1.54) is 0 Å². The van der Waals surface area contributed by atoms with Gasteiger partial charge in [0, 0.05) is 0 Å². The van der Waals surface area contributed by atoms with Crippen LogP contribution in [0.3, 0.4) is 0 Å². The number of hydrogen-bond donors (Lipinski definition) is 2. The van der Waals surface area contributed by atoms with Gasteiger partial charge in [0.05, 0.1) is 5.69 Å². The number of nitrogens with zero attached hydrogens (tertiary/aromatic N) is 2. The van der Waals surface area contributed by atoms with Gasteiger partial charge in [0.25, 0.3) is 5.91 Å². The Morgan fingerprint density at radius 1 is 1.42 bits per heavy atom. The molecule has 1 aromatic rings. The highest BCUT2D eigenvalue weighted by Crippen LogP contribution is 2.13. The minimum absolute atomic E-state index is 0.191. The second kappa shape index (κ2) is 7.18. The average Bonchev–Trinajstić information content (AvgIpc) is 2.76. The first kappa shape index (κ1) is 15.6. The van der Waals surface area contributed by atoms with E-state index < -0.39 is 17.9 Å². The number of hydrogen-bond acceptors (Lipinski definition) is 5. The summed E-state index contributed by atoms with van der Waals surface area (Å²) >= 11 is 1.00. The van der Waals surface area contributed by atoms with Crippen LogP contribution in [0.5, 0.6) is 0 Å². The highest BCUT2D eigenvalue weighted by atomic mass is 32.1. The van der Waals surface area contributed by atoms with Gasteiger partial charge in [0.15, 0.2) is 0 Å². The molecule has 0 saturated heterocycles. The molecule has 0 fully saturated rings. The van der Waals surface area contributed by atoms with Crippen LogP contribution >= 0.6 is 11.5 Å². The second-order valence-corrected chi connectivity index (χ2v) is 5.55. The van der Waals surface area contributed by atoms with Gasteiger partial charge in [-0.3, -0.25) is 4.79 Å². The fraction of sp³-hybridized carbons (Fsp3) is 0.667. The Hall–Kier alpha value is -1.50. The molecule has 0 unspecified atom stereocenters. The van der Waals surface area contributed by atoms with Crippen molar-refractivity contribution in [1.29, 1.82) is 0 Å². The average molecular weight is 285 g/mol. The minimum Gasteiger partial charge on any atom is -0.480 e. The molecular weight excluding hydrogens is 266 g/mol. The Morgan fingerprint density at radius 3 is 2.63 bits per heavy atom. The highest BCUT2D eigenvalue weighted by molar-refractivity contribution is 7.08. The normalized spacial score (nSPS) is 12.4. The van der Waals surface area contributed by atoms with E-state index in [0.717, 1.165) is 18.0 Å². The van der Waals surface area contributed by atoms with Gasteiger partial charge >= 0.3 is 5.97 Å². The molecule has 1 heterocycles. The maximum Gasteiger partial charge on any atom is 0.326 e. The van der Waals surface area contributed by atoms with Crippen LogP contribution < -0.4 is 5.32 Å². The number of aromatic nitrogens is 2. The first-order chi connectivity index (χ1) is 8.95. The molecule has 106 valence electrons. The Labute approximate surface area is 116 Å². The third kappa shape index (κ3) is 4.59. The number of carboxylic acid groups (broad SMARTS) is 1. The van der Waals surface area contributed by atoms with Crippen LogP contribution in [0.2, 0.25) is 0 Å². The van der Waals surface area contributed by atoms with E-state index in [9.17, 15) is 9.59 Å². The predicted molar refractivity (Wildman–Crippen MR) is 72.2 cm³/mol. The van der Waals surface area contributed by atoms with E-state index in [1.54, 1.807) is 0 Å². The molecule has 0 aliphatic rings. The van der Waals surface area contributed by atoms with Gasteiger partial charge in [-0.15, -0.1) is 5.10 Å². The van der Waals surface area contributed by atoms with Crippen LogP contribution in [0.4, 0.5) is 0 Å². The van der Waals surface area contributed by atoms with E-state index in [-0.39, 0.29) is 5.92 Å². The summed E-state index contributed by atoms with van der Waals surface area (Å²) in [7, 11) is 0. The van der Waals surface area contributed by atoms with Crippen LogP contribution in [0, 0.1) is 5.92 Å². The van der Waals surface area contributed by atoms with Crippen molar-refractivity contribution in [3.63, 3.8) is 0 Å². The molecule has 1 aromatic heterocycles. The number of rotatable bonds is 7. The van der Waals surface area contributed by atoms with E-state index in [1.807, 2.05) is 20.8 Å². The van der Waals surface area contributed by atoms with Crippen LogP contribution in [-0.2, 0) is 11.2 Å². The van der Waals surface area contributed by atoms with Gasteiger partial charge in [-0.05, 0) is 30.3 Å². The number of aryl methyl sites for hydroxylation is 1. The van der Waals surface area contributed by atoms with Crippen LogP contribution in [-0.4, -0.2) is 32.6 Å². The summed E-state index contributed by atoms with van der Waals surface area (Å²) in [5, 5.41) is 15.5. The molecule has 0 spiro atoms. The lowest BCUT2D eigenvalue weighted by atomic mass is 10.0. The number of amides is 1. The van der Waals surface area contributed by atoms with E-state index in [4.69, 9.17) is 5.11 Å². The molecule has 7 heteroatoms.